The molecular weight excluding hydrogens is 152 g/mol. The minimum atomic E-state index is 0.794. The van der Waals surface area contributed by atoms with Crippen molar-refractivity contribution in [1.29, 1.82) is 0 Å². The van der Waals surface area contributed by atoms with Crippen molar-refractivity contribution in [2.24, 2.45) is 20.5 Å². The molecule has 1 rings (SSSR count). The zero-order valence-electron chi connectivity index (χ0n) is 7.10. The van der Waals surface area contributed by atoms with E-state index in [1.165, 1.54) is 0 Å². The summed E-state index contributed by atoms with van der Waals surface area (Å²) in [6.07, 6.45) is 0. The molecule has 0 unspecified atom stereocenters. The molecule has 0 N–H and O–H groups in total. The maximum atomic E-state index is 3.87. The SMILES string of the molecule is C/N=N/c1cccc(/N=N/C)c1. The summed E-state index contributed by atoms with van der Waals surface area (Å²) in [6, 6.07) is 7.41. The van der Waals surface area contributed by atoms with Crippen LogP contribution in [0.15, 0.2) is 44.7 Å². The molecule has 0 aliphatic rings. The van der Waals surface area contributed by atoms with Crippen molar-refractivity contribution in [2.75, 3.05) is 14.1 Å². The van der Waals surface area contributed by atoms with Crippen LogP contribution >= 0.6 is 0 Å². The lowest BCUT2D eigenvalue weighted by atomic mass is 10.3. The van der Waals surface area contributed by atoms with Crippen LogP contribution < -0.4 is 0 Å². The van der Waals surface area contributed by atoms with Crippen molar-refractivity contribution in [3.63, 3.8) is 0 Å². The van der Waals surface area contributed by atoms with Gasteiger partial charge in [0.05, 0.1) is 11.4 Å². The fraction of sp³-hybridized carbons (Fsp3) is 0.250. The average Bonchev–Trinajstić information content (AvgIpc) is 2.06. The van der Waals surface area contributed by atoms with E-state index in [4.69, 9.17) is 0 Å². The Morgan fingerprint density at radius 1 is 0.917 bits per heavy atom. The van der Waals surface area contributed by atoms with Gasteiger partial charge >= 0.3 is 0 Å². The van der Waals surface area contributed by atoms with Crippen molar-refractivity contribution in [3.05, 3.63) is 24.3 Å². The molecular formula is C8H10N4. The van der Waals surface area contributed by atoms with Gasteiger partial charge in [-0.25, -0.2) is 0 Å². The molecule has 4 nitrogen and oxygen atoms in total. The van der Waals surface area contributed by atoms with E-state index in [-0.39, 0.29) is 0 Å². The monoisotopic (exact) mass is 162 g/mol. The van der Waals surface area contributed by atoms with E-state index in [0.717, 1.165) is 11.4 Å². The van der Waals surface area contributed by atoms with E-state index in [0.29, 0.717) is 0 Å². The van der Waals surface area contributed by atoms with Gasteiger partial charge in [-0.3, -0.25) is 0 Å². The zero-order chi connectivity index (χ0) is 8.81. The van der Waals surface area contributed by atoms with Crippen LogP contribution in [0.4, 0.5) is 11.4 Å². The first-order valence-electron chi connectivity index (χ1n) is 3.56. The van der Waals surface area contributed by atoms with Crippen LogP contribution in [0, 0.1) is 0 Å². The average molecular weight is 162 g/mol. The number of benzene rings is 1. The Hall–Kier alpha value is -1.58. The fourth-order valence-electron chi connectivity index (χ4n) is 0.848. The zero-order valence-corrected chi connectivity index (χ0v) is 7.10. The molecule has 0 amide bonds. The summed E-state index contributed by atoms with van der Waals surface area (Å²) in [5, 5.41) is 15.1. The largest absolute Gasteiger partial charge is 0.192 e. The summed E-state index contributed by atoms with van der Waals surface area (Å²) in [4.78, 5) is 0. The predicted molar refractivity (Wildman–Crippen MR) is 47.3 cm³/mol. The number of rotatable bonds is 2. The normalized spacial score (nSPS) is 11.5. The lowest BCUT2D eigenvalue weighted by Crippen LogP contribution is -1.64. The second kappa shape index (κ2) is 4.33. The molecule has 12 heavy (non-hydrogen) atoms. The minimum Gasteiger partial charge on any atom is -0.192 e. The summed E-state index contributed by atoms with van der Waals surface area (Å²) < 4.78 is 0. The summed E-state index contributed by atoms with van der Waals surface area (Å²) in [5.41, 5.74) is 1.59. The second-order valence-electron chi connectivity index (χ2n) is 2.12. The van der Waals surface area contributed by atoms with Gasteiger partial charge in [-0.2, -0.15) is 20.5 Å². The van der Waals surface area contributed by atoms with E-state index >= 15 is 0 Å². The van der Waals surface area contributed by atoms with E-state index in [2.05, 4.69) is 20.5 Å². The molecule has 0 atom stereocenters. The Bertz CT molecular complexity index is 276. The Balaban J connectivity index is 2.95. The highest BCUT2D eigenvalue weighted by Crippen LogP contribution is 2.20. The Kier molecular flexibility index (Phi) is 3.07. The first-order chi connectivity index (χ1) is 5.86. The van der Waals surface area contributed by atoms with Crippen molar-refractivity contribution in [3.8, 4) is 0 Å². The third-order valence-electron chi connectivity index (χ3n) is 1.26. The van der Waals surface area contributed by atoms with Gasteiger partial charge in [0.2, 0.25) is 0 Å². The van der Waals surface area contributed by atoms with Gasteiger partial charge in [0, 0.05) is 14.1 Å². The third-order valence-corrected chi connectivity index (χ3v) is 1.26. The summed E-state index contributed by atoms with van der Waals surface area (Å²) >= 11 is 0. The van der Waals surface area contributed by atoms with Gasteiger partial charge in [-0.05, 0) is 18.2 Å². The highest BCUT2D eigenvalue weighted by molar-refractivity contribution is 5.49. The van der Waals surface area contributed by atoms with Gasteiger partial charge in [0.15, 0.2) is 0 Å². The van der Waals surface area contributed by atoms with Crippen LogP contribution in [0.2, 0.25) is 0 Å². The number of hydrogen-bond acceptors (Lipinski definition) is 4. The topological polar surface area (TPSA) is 49.4 Å². The maximum Gasteiger partial charge on any atom is 0.0874 e. The summed E-state index contributed by atoms with van der Waals surface area (Å²) in [6.45, 7) is 0. The van der Waals surface area contributed by atoms with E-state index in [1.54, 1.807) is 14.1 Å². The molecule has 0 saturated carbocycles. The Morgan fingerprint density at radius 2 is 1.42 bits per heavy atom. The summed E-state index contributed by atoms with van der Waals surface area (Å²) in [5.74, 6) is 0. The molecule has 0 heterocycles. The van der Waals surface area contributed by atoms with Crippen LogP contribution in [0.5, 0.6) is 0 Å². The van der Waals surface area contributed by atoms with Crippen LogP contribution in [0.25, 0.3) is 0 Å². The van der Waals surface area contributed by atoms with E-state index in [1.807, 2.05) is 24.3 Å². The first kappa shape index (κ1) is 8.52. The molecule has 0 aliphatic heterocycles. The van der Waals surface area contributed by atoms with Crippen LogP contribution in [0.1, 0.15) is 0 Å². The van der Waals surface area contributed by atoms with Gasteiger partial charge in [-0.15, -0.1) is 0 Å². The molecule has 0 aliphatic carbocycles. The molecule has 1 aromatic carbocycles. The third kappa shape index (κ3) is 2.23. The molecule has 0 bridgehead atoms. The first-order valence-corrected chi connectivity index (χ1v) is 3.56. The van der Waals surface area contributed by atoms with Gasteiger partial charge in [-0.1, -0.05) is 6.07 Å². The van der Waals surface area contributed by atoms with Gasteiger partial charge in [0.25, 0.3) is 0 Å². The molecule has 0 aromatic heterocycles. The molecule has 62 valence electrons. The molecule has 0 fully saturated rings. The number of hydrogen-bond donors (Lipinski definition) is 0. The quantitative estimate of drug-likeness (QED) is 0.600. The van der Waals surface area contributed by atoms with Crippen molar-refractivity contribution >= 4 is 11.4 Å². The lowest BCUT2D eigenvalue weighted by molar-refractivity contribution is 1.15. The Morgan fingerprint density at radius 3 is 1.83 bits per heavy atom. The van der Waals surface area contributed by atoms with Crippen molar-refractivity contribution in [1.82, 2.24) is 0 Å². The molecule has 0 saturated heterocycles. The summed E-state index contributed by atoms with van der Waals surface area (Å²) in [7, 11) is 3.27. The minimum absolute atomic E-state index is 0.794. The second-order valence-corrected chi connectivity index (χ2v) is 2.12. The van der Waals surface area contributed by atoms with Gasteiger partial charge in [0.1, 0.15) is 0 Å². The van der Waals surface area contributed by atoms with Crippen LogP contribution in [0.3, 0.4) is 0 Å². The van der Waals surface area contributed by atoms with E-state index < -0.39 is 0 Å². The molecule has 4 heteroatoms. The molecule has 1 aromatic rings. The standard InChI is InChI=1S/C8H10N4/c1-9-11-7-4-3-5-8(6-7)12-10-2/h3-6H,1-2H3/b11-9+,12-10+. The number of azo groups is 2. The van der Waals surface area contributed by atoms with E-state index in [9.17, 15) is 0 Å². The molecule has 0 spiro atoms. The highest BCUT2D eigenvalue weighted by atomic mass is 15.1. The van der Waals surface area contributed by atoms with Gasteiger partial charge < -0.3 is 0 Å². The van der Waals surface area contributed by atoms with Crippen LogP contribution in [-0.4, -0.2) is 14.1 Å². The lowest BCUT2D eigenvalue weighted by Gasteiger charge is -1.92. The van der Waals surface area contributed by atoms with Crippen molar-refractivity contribution in [2.45, 2.75) is 0 Å². The Labute approximate surface area is 71.1 Å². The number of nitrogens with zero attached hydrogens (tertiary/aromatic N) is 4. The molecule has 0 radical (unpaired) electrons. The highest BCUT2D eigenvalue weighted by Gasteiger charge is 1.90. The van der Waals surface area contributed by atoms with Crippen LogP contribution in [-0.2, 0) is 0 Å². The maximum absolute atomic E-state index is 3.87. The van der Waals surface area contributed by atoms with Crippen molar-refractivity contribution < 1.29 is 0 Å². The predicted octanol–water partition coefficient (Wildman–Crippen LogP) is 3.11. The fourth-order valence-corrected chi connectivity index (χ4v) is 0.848. The smallest absolute Gasteiger partial charge is 0.0874 e.